The standard InChI is InChI=1S/C18H26O10.CH4O/c19-7-11-14(22)15(23)16(24)18(27-11)28-17-10(21)6-13(26-12(17)8-20)25-9-4-2-1-3-5-9;1-2/h1-5,10-24H,6-8H2;2H,1H3/t10-,11?,12?,13-,14+,15-,16?,17+,18-;/m1./s1. The summed E-state index contributed by atoms with van der Waals surface area (Å²) in [7, 11) is 1.00. The SMILES string of the molecule is CO.OCC1O[C@@H](Oc2ccccc2)C[C@@H](O)[C@@H]1O[C@H]1OC(CO)[C@H](O)[C@@H](O)C1O. The number of aliphatic hydroxyl groups is 7. The summed E-state index contributed by atoms with van der Waals surface area (Å²) in [5, 5.41) is 66.2. The third kappa shape index (κ3) is 5.86. The van der Waals surface area contributed by atoms with Crippen LogP contribution < -0.4 is 4.74 Å². The maximum Gasteiger partial charge on any atom is 0.202 e. The fourth-order valence-electron chi connectivity index (χ4n) is 3.29. The molecule has 11 nitrogen and oxygen atoms in total. The van der Waals surface area contributed by atoms with Gasteiger partial charge in [-0.15, -0.1) is 0 Å². The van der Waals surface area contributed by atoms with Crippen LogP contribution in [0.4, 0.5) is 0 Å². The molecule has 2 saturated heterocycles. The fraction of sp³-hybridized carbons (Fsp3) is 0.684. The number of hydrogen-bond donors (Lipinski definition) is 7. The van der Waals surface area contributed by atoms with Crippen LogP contribution in [0.5, 0.6) is 5.75 Å². The molecule has 0 bridgehead atoms. The zero-order valence-corrected chi connectivity index (χ0v) is 16.5. The lowest BCUT2D eigenvalue weighted by molar-refractivity contribution is -0.340. The predicted molar refractivity (Wildman–Crippen MR) is 100 cm³/mol. The van der Waals surface area contributed by atoms with E-state index < -0.39 is 68.5 Å². The van der Waals surface area contributed by atoms with Gasteiger partial charge in [-0.1, -0.05) is 18.2 Å². The van der Waals surface area contributed by atoms with Crippen molar-refractivity contribution >= 4 is 0 Å². The molecule has 1 aromatic rings. The first kappa shape index (κ1) is 24.9. The van der Waals surface area contributed by atoms with Crippen LogP contribution in [0.15, 0.2) is 30.3 Å². The van der Waals surface area contributed by atoms with E-state index in [1.54, 1.807) is 24.3 Å². The molecule has 2 fully saturated rings. The molecule has 0 saturated carbocycles. The van der Waals surface area contributed by atoms with Crippen molar-refractivity contribution in [3.05, 3.63) is 30.3 Å². The van der Waals surface area contributed by atoms with E-state index >= 15 is 0 Å². The van der Waals surface area contributed by atoms with Gasteiger partial charge >= 0.3 is 0 Å². The van der Waals surface area contributed by atoms with Gasteiger partial charge in [-0.3, -0.25) is 0 Å². The summed E-state index contributed by atoms with van der Waals surface area (Å²) in [6, 6.07) is 8.83. The van der Waals surface area contributed by atoms with Gasteiger partial charge in [0.25, 0.3) is 0 Å². The van der Waals surface area contributed by atoms with E-state index in [2.05, 4.69) is 0 Å². The molecule has 0 aliphatic carbocycles. The Morgan fingerprint density at radius 1 is 0.867 bits per heavy atom. The summed E-state index contributed by atoms with van der Waals surface area (Å²) >= 11 is 0. The van der Waals surface area contributed by atoms with Gasteiger partial charge in [0, 0.05) is 13.5 Å². The second kappa shape index (κ2) is 11.9. The molecule has 11 heteroatoms. The zero-order valence-electron chi connectivity index (χ0n) is 16.5. The Hall–Kier alpha value is -1.38. The molecule has 9 atom stereocenters. The van der Waals surface area contributed by atoms with Crippen molar-refractivity contribution < 1.29 is 54.7 Å². The minimum Gasteiger partial charge on any atom is -0.465 e. The third-order valence-electron chi connectivity index (χ3n) is 4.84. The maximum atomic E-state index is 10.5. The van der Waals surface area contributed by atoms with E-state index in [0.717, 1.165) is 7.11 Å². The van der Waals surface area contributed by atoms with Crippen molar-refractivity contribution in [1.82, 2.24) is 0 Å². The second-order valence-corrected chi connectivity index (χ2v) is 6.82. The van der Waals surface area contributed by atoms with Gasteiger partial charge in [0.1, 0.15) is 42.4 Å². The minimum absolute atomic E-state index is 0.0213. The normalized spacial score (nSPS) is 39.0. The number of ether oxygens (including phenoxy) is 4. The first-order valence-electron chi connectivity index (χ1n) is 9.51. The Bertz CT molecular complexity index is 601. The molecule has 2 aliphatic heterocycles. The first-order valence-corrected chi connectivity index (χ1v) is 9.51. The lowest BCUT2D eigenvalue weighted by atomic mass is 9.98. The predicted octanol–water partition coefficient (Wildman–Crippen LogP) is -2.67. The van der Waals surface area contributed by atoms with Crippen molar-refractivity contribution in [1.29, 1.82) is 0 Å². The molecule has 0 aromatic heterocycles. The van der Waals surface area contributed by atoms with Gasteiger partial charge in [0.15, 0.2) is 6.29 Å². The molecule has 172 valence electrons. The van der Waals surface area contributed by atoms with E-state index in [0.29, 0.717) is 5.75 Å². The third-order valence-corrected chi connectivity index (χ3v) is 4.84. The number of aliphatic hydroxyl groups excluding tert-OH is 7. The van der Waals surface area contributed by atoms with Gasteiger partial charge in [-0.05, 0) is 12.1 Å². The molecular formula is C19H30O11. The molecule has 0 radical (unpaired) electrons. The van der Waals surface area contributed by atoms with Crippen molar-refractivity contribution in [2.75, 3.05) is 20.3 Å². The highest BCUT2D eigenvalue weighted by molar-refractivity contribution is 5.21. The van der Waals surface area contributed by atoms with Gasteiger partial charge in [0.2, 0.25) is 6.29 Å². The summed E-state index contributed by atoms with van der Waals surface area (Å²) < 4.78 is 22.1. The van der Waals surface area contributed by atoms with E-state index in [4.69, 9.17) is 24.1 Å². The van der Waals surface area contributed by atoms with Gasteiger partial charge in [-0.25, -0.2) is 0 Å². The Labute approximate surface area is 173 Å². The van der Waals surface area contributed by atoms with Crippen molar-refractivity contribution in [3.63, 3.8) is 0 Å². The molecule has 30 heavy (non-hydrogen) atoms. The average molecular weight is 434 g/mol. The van der Waals surface area contributed by atoms with Crippen LogP contribution in [0.25, 0.3) is 0 Å². The molecule has 3 unspecified atom stereocenters. The largest absolute Gasteiger partial charge is 0.465 e. The smallest absolute Gasteiger partial charge is 0.202 e. The van der Waals surface area contributed by atoms with Crippen LogP contribution in [-0.4, -0.2) is 111 Å². The second-order valence-electron chi connectivity index (χ2n) is 6.82. The van der Waals surface area contributed by atoms with Gasteiger partial charge in [-0.2, -0.15) is 0 Å². The summed E-state index contributed by atoms with van der Waals surface area (Å²) in [6.07, 6.45) is -11.4. The Kier molecular flexibility index (Phi) is 9.84. The van der Waals surface area contributed by atoms with Crippen molar-refractivity contribution in [2.24, 2.45) is 0 Å². The highest BCUT2D eigenvalue weighted by Gasteiger charge is 2.48. The van der Waals surface area contributed by atoms with Gasteiger partial charge in [0.05, 0.1) is 19.3 Å². The molecule has 7 N–H and O–H groups in total. The average Bonchev–Trinajstić information content (AvgIpc) is 2.77. The minimum atomic E-state index is -1.62. The van der Waals surface area contributed by atoms with Crippen LogP contribution in [0.1, 0.15) is 6.42 Å². The Balaban J connectivity index is 0.00000155. The van der Waals surface area contributed by atoms with E-state index in [1.165, 1.54) is 0 Å². The zero-order chi connectivity index (χ0) is 22.3. The lowest BCUT2D eigenvalue weighted by Gasteiger charge is -2.44. The van der Waals surface area contributed by atoms with E-state index in [1.807, 2.05) is 6.07 Å². The summed E-state index contributed by atoms with van der Waals surface area (Å²) in [5.74, 6) is 0.532. The molecule has 2 heterocycles. The maximum absolute atomic E-state index is 10.5. The highest BCUT2D eigenvalue weighted by Crippen LogP contribution is 2.29. The number of para-hydroxylation sites is 1. The number of rotatable bonds is 6. The van der Waals surface area contributed by atoms with Crippen LogP contribution in [0.3, 0.4) is 0 Å². The van der Waals surface area contributed by atoms with E-state index in [9.17, 15) is 30.6 Å². The van der Waals surface area contributed by atoms with Crippen LogP contribution >= 0.6 is 0 Å². The van der Waals surface area contributed by atoms with Crippen molar-refractivity contribution in [2.45, 2.75) is 61.7 Å². The molecule has 0 amide bonds. The first-order chi connectivity index (χ1) is 14.4. The molecule has 0 spiro atoms. The Morgan fingerprint density at radius 2 is 1.50 bits per heavy atom. The fourth-order valence-corrected chi connectivity index (χ4v) is 3.29. The van der Waals surface area contributed by atoms with Crippen LogP contribution in [0, 0.1) is 0 Å². The molecule has 2 aliphatic rings. The molecule has 3 rings (SSSR count). The quantitative estimate of drug-likeness (QED) is 0.248. The molecular weight excluding hydrogens is 404 g/mol. The topological polar surface area (TPSA) is 179 Å². The Morgan fingerprint density at radius 3 is 2.10 bits per heavy atom. The summed E-state index contributed by atoms with van der Waals surface area (Å²) in [5.41, 5.74) is 0. The number of benzene rings is 1. The highest BCUT2D eigenvalue weighted by atomic mass is 16.7. The van der Waals surface area contributed by atoms with Crippen LogP contribution in [0.2, 0.25) is 0 Å². The molecule has 1 aromatic carbocycles. The number of hydrogen-bond acceptors (Lipinski definition) is 11. The monoisotopic (exact) mass is 434 g/mol. The van der Waals surface area contributed by atoms with Crippen LogP contribution in [-0.2, 0) is 14.2 Å². The van der Waals surface area contributed by atoms with E-state index in [-0.39, 0.29) is 6.42 Å². The summed E-state index contributed by atoms with van der Waals surface area (Å²) in [4.78, 5) is 0. The summed E-state index contributed by atoms with van der Waals surface area (Å²) in [6.45, 7) is -1.11. The lowest BCUT2D eigenvalue weighted by Crippen LogP contribution is -2.62. The van der Waals surface area contributed by atoms with Crippen molar-refractivity contribution in [3.8, 4) is 5.75 Å². The van der Waals surface area contributed by atoms with Gasteiger partial charge < -0.3 is 54.7 Å².